The second-order valence-electron chi connectivity index (χ2n) is 4.47. The van der Waals surface area contributed by atoms with Crippen LogP contribution >= 0.6 is 0 Å². The Kier molecular flexibility index (Phi) is 13.6. The smallest absolute Gasteiger partial charge is 0.157 e. The number of hydrogen-bond acceptors (Lipinski definition) is 6. The Morgan fingerprint density at radius 2 is 0.423 bits per heavy atom. The molecule has 3 aromatic rings. The molecule has 0 amide bonds. The quantitative estimate of drug-likeness (QED) is 0.235. The van der Waals surface area contributed by atoms with Gasteiger partial charge < -0.3 is 30.6 Å². The summed E-state index contributed by atoms with van der Waals surface area (Å²) in [6.07, 6.45) is 0. The van der Waals surface area contributed by atoms with Crippen LogP contribution in [0.3, 0.4) is 0 Å². The van der Waals surface area contributed by atoms with Gasteiger partial charge in [-0.15, -0.1) is 0 Å². The fraction of sp³-hybridized carbons (Fsp3) is 0. The van der Waals surface area contributed by atoms with Gasteiger partial charge in [0.05, 0.1) is 0 Å². The number of rotatable bonds is 0. The van der Waals surface area contributed by atoms with Gasteiger partial charge in [0, 0.05) is 34.1 Å². The summed E-state index contributed by atoms with van der Waals surface area (Å²) in [5.74, 6) is -0.458. The third-order valence-electron chi connectivity index (χ3n) is 2.65. The fourth-order valence-electron chi connectivity index (χ4n) is 1.39. The molecule has 142 valence electrons. The molecular weight excluding hydrogens is 424 g/mol. The van der Waals surface area contributed by atoms with E-state index < -0.39 is 0 Å². The molecular formula is C18H18Fe2O6. The van der Waals surface area contributed by atoms with Crippen LogP contribution < -0.4 is 0 Å². The Balaban J connectivity index is 0. The van der Waals surface area contributed by atoms with Gasteiger partial charge >= 0.3 is 0 Å². The van der Waals surface area contributed by atoms with Gasteiger partial charge in [0.25, 0.3) is 0 Å². The number of aromatic hydroxyl groups is 6. The molecule has 0 radical (unpaired) electrons. The Labute approximate surface area is 172 Å². The number of phenols is 6. The van der Waals surface area contributed by atoms with Crippen LogP contribution in [0.4, 0.5) is 0 Å². The number of benzene rings is 3. The van der Waals surface area contributed by atoms with Crippen LogP contribution in [-0.2, 0) is 34.1 Å². The summed E-state index contributed by atoms with van der Waals surface area (Å²) >= 11 is 0. The number of hydrogen-bond donors (Lipinski definition) is 6. The molecule has 0 saturated heterocycles. The van der Waals surface area contributed by atoms with Gasteiger partial charge in [0.2, 0.25) is 0 Å². The Morgan fingerprint density at radius 1 is 0.308 bits per heavy atom. The van der Waals surface area contributed by atoms with E-state index >= 15 is 0 Å². The second kappa shape index (κ2) is 13.8. The molecule has 6 nitrogen and oxygen atoms in total. The molecule has 0 bridgehead atoms. The monoisotopic (exact) mass is 442 g/mol. The van der Waals surface area contributed by atoms with Crippen molar-refractivity contribution in [1.29, 1.82) is 0 Å². The summed E-state index contributed by atoms with van der Waals surface area (Å²) in [5.41, 5.74) is 0. The van der Waals surface area contributed by atoms with E-state index in [9.17, 15) is 0 Å². The summed E-state index contributed by atoms with van der Waals surface area (Å²) in [6.45, 7) is 0. The van der Waals surface area contributed by atoms with Gasteiger partial charge in [0.1, 0.15) is 0 Å². The predicted octanol–water partition coefficient (Wildman–Crippen LogP) is 3.29. The first-order valence-electron chi connectivity index (χ1n) is 6.82. The molecule has 3 rings (SSSR count). The van der Waals surface area contributed by atoms with Gasteiger partial charge in [-0.1, -0.05) is 36.4 Å². The Hall–Kier alpha value is -2.50. The van der Waals surface area contributed by atoms with Crippen molar-refractivity contribution in [3.8, 4) is 34.5 Å². The minimum Gasteiger partial charge on any atom is -0.504 e. The first-order chi connectivity index (χ1) is 11.4. The van der Waals surface area contributed by atoms with E-state index in [4.69, 9.17) is 30.6 Å². The molecule has 0 heterocycles. The maximum atomic E-state index is 8.67. The van der Waals surface area contributed by atoms with Crippen LogP contribution in [0.15, 0.2) is 72.8 Å². The van der Waals surface area contributed by atoms with E-state index in [2.05, 4.69) is 0 Å². The molecule has 0 saturated carbocycles. The fourth-order valence-corrected chi connectivity index (χ4v) is 1.39. The van der Waals surface area contributed by atoms with Gasteiger partial charge in [-0.25, -0.2) is 0 Å². The number of para-hydroxylation sites is 6. The minimum atomic E-state index is -0.0764. The third-order valence-corrected chi connectivity index (χ3v) is 2.65. The van der Waals surface area contributed by atoms with Crippen molar-refractivity contribution in [1.82, 2.24) is 0 Å². The van der Waals surface area contributed by atoms with E-state index in [0.717, 1.165) is 0 Å². The average molecular weight is 442 g/mol. The molecule has 0 atom stereocenters. The van der Waals surface area contributed by atoms with Crippen molar-refractivity contribution in [2.75, 3.05) is 0 Å². The van der Waals surface area contributed by atoms with Crippen LogP contribution in [0.25, 0.3) is 0 Å². The Bertz CT molecular complexity index is 602. The van der Waals surface area contributed by atoms with E-state index in [1.807, 2.05) is 0 Å². The van der Waals surface area contributed by atoms with Crippen molar-refractivity contribution in [3.05, 3.63) is 72.8 Å². The minimum absolute atomic E-state index is 0. The largest absolute Gasteiger partial charge is 0.504 e. The molecule has 0 spiro atoms. The molecule has 0 aliphatic carbocycles. The van der Waals surface area contributed by atoms with Crippen LogP contribution in [-0.4, -0.2) is 30.6 Å². The molecule has 3 aromatic carbocycles. The maximum Gasteiger partial charge on any atom is 0.157 e. The topological polar surface area (TPSA) is 121 Å². The van der Waals surface area contributed by atoms with Crippen LogP contribution in [0.1, 0.15) is 0 Å². The van der Waals surface area contributed by atoms with Crippen molar-refractivity contribution in [2.24, 2.45) is 0 Å². The van der Waals surface area contributed by atoms with Crippen molar-refractivity contribution in [2.45, 2.75) is 0 Å². The SMILES string of the molecule is Oc1ccccc1O.Oc1ccccc1O.Oc1ccccc1O.[Fe].[Fe]. The summed E-state index contributed by atoms with van der Waals surface area (Å²) in [6, 6.07) is 18.4. The molecule has 8 heteroatoms. The van der Waals surface area contributed by atoms with Gasteiger partial charge in [-0.05, 0) is 36.4 Å². The standard InChI is InChI=1S/3C6H6O2.2Fe/c3*7-5-3-1-2-4-6(5)8;;/h3*1-4,7-8H;;. The van der Waals surface area contributed by atoms with Crippen molar-refractivity contribution in [3.63, 3.8) is 0 Å². The second-order valence-corrected chi connectivity index (χ2v) is 4.47. The van der Waals surface area contributed by atoms with Crippen LogP contribution in [0, 0.1) is 0 Å². The summed E-state index contributed by atoms with van der Waals surface area (Å²) in [4.78, 5) is 0. The predicted molar refractivity (Wildman–Crippen MR) is 89.3 cm³/mol. The third kappa shape index (κ3) is 9.71. The molecule has 0 fully saturated rings. The van der Waals surface area contributed by atoms with Gasteiger partial charge in [0.15, 0.2) is 34.5 Å². The van der Waals surface area contributed by atoms with E-state index in [-0.39, 0.29) is 68.6 Å². The van der Waals surface area contributed by atoms with Gasteiger partial charge in [-0.3, -0.25) is 0 Å². The van der Waals surface area contributed by atoms with Crippen molar-refractivity contribution < 1.29 is 64.8 Å². The normalized spacial score (nSPS) is 8.31. The zero-order valence-corrected chi connectivity index (χ0v) is 15.5. The molecule has 0 unspecified atom stereocenters. The van der Waals surface area contributed by atoms with Crippen LogP contribution in [0.2, 0.25) is 0 Å². The molecule has 0 aliphatic rings. The zero-order valence-electron chi connectivity index (χ0n) is 13.3. The van der Waals surface area contributed by atoms with Crippen molar-refractivity contribution >= 4 is 0 Å². The average Bonchev–Trinajstić information content (AvgIpc) is 2.57. The van der Waals surface area contributed by atoms with Gasteiger partial charge in [-0.2, -0.15) is 0 Å². The van der Waals surface area contributed by atoms with E-state index in [1.165, 1.54) is 36.4 Å². The Morgan fingerprint density at radius 3 is 0.500 bits per heavy atom. The first kappa shape index (κ1) is 25.7. The molecule has 0 aromatic heterocycles. The first-order valence-corrected chi connectivity index (χ1v) is 6.82. The maximum absolute atomic E-state index is 8.67. The van der Waals surface area contributed by atoms with E-state index in [0.29, 0.717) is 0 Å². The summed E-state index contributed by atoms with van der Waals surface area (Å²) in [7, 11) is 0. The summed E-state index contributed by atoms with van der Waals surface area (Å²) in [5, 5.41) is 52.0. The van der Waals surface area contributed by atoms with Crippen LogP contribution in [0.5, 0.6) is 34.5 Å². The molecule has 0 aliphatic heterocycles. The molecule has 6 N–H and O–H groups in total. The summed E-state index contributed by atoms with van der Waals surface area (Å²) < 4.78 is 0. The zero-order chi connectivity index (χ0) is 17.9. The number of phenolic OH excluding ortho intramolecular Hbond substituents is 6. The molecule has 26 heavy (non-hydrogen) atoms. The van der Waals surface area contributed by atoms with E-state index in [1.54, 1.807) is 36.4 Å².